The van der Waals surface area contributed by atoms with E-state index in [1.165, 1.54) is 12.8 Å². The average molecular weight is 313 g/mol. The average Bonchev–Trinajstić information content (AvgIpc) is 3.08. The number of nitrogens with zero attached hydrogens (tertiary/aromatic N) is 3. The number of para-hydroxylation sites is 1. The third kappa shape index (κ3) is 5.77. The highest BCUT2D eigenvalue weighted by Gasteiger charge is 2.12. The third-order valence-corrected chi connectivity index (χ3v) is 3.59. The van der Waals surface area contributed by atoms with Crippen LogP contribution in [0.15, 0.2) is 47.7 Å². The number of aromatic amines is 1. The molecule has 0 radical (unpaired) electrons. The Hall–Kier alpha value is -2.30. The molecular formula is C18H27N5. The van der Waals surface area contributed by atoms with Gasteiger partial charge in [-0.2, -0.15) is 4.99 Å². The standard InChI is InChI=1S/C18H27N5/c1-3-5-14-23(15-6-4-2)18(22-17-19-12-13-20-17)21-16-10-8-7-9-11-16/h7-13H,3-6,14-15H2,1-2H3,(H2,19,20,21,22). The first-order chi connectivity index (χ1) is 11.3. The van der Waals surface area contributed by atoms with Gasteiger partial charge in [0.05, 0.1) is 0 Å². The lowest BCUT2D eigenvalue weighted by Gasteiger charge is -2.26. The summed E-state index contributed by atoms with van der Waals surface area (Å²) in [5.74, 6) is 1.48. The largest absolute Gasteiger partial charge is 0.342 e. The monoisotopic (exact) mass is 313 g/mol. The fourth-order valence-electron chi connectivity index (χ4n) is 2.27. The number of anilines is 1. The summed E-state index contributed by atoms with van der Waals surface area (Å²) in [6.07, 6.45) is 8.15. The second-order valence-electron chi connectivity index (χ2n) is 5.53. The number of imidazole rings is 1. The highest BCUT2D eigenvalue weighted by atomic mass is 15.3. The van der Waals surface area contributed by atoms with Crippen LogP contribution in [0.2, 0.25) is 0 Å². The van der Waals surface area contributed by atoms with Crippen molar-refractivity contribution < 1.29 is 0 Å². The molecule has 23 heavy (non-hydrogen) atoms. The molecule has 0 aliphatic carbocycles. The molecule has 0 atom stereocenters. The first-order valence-electron chi connectivity index (χ1n) is 8.48. The van der Waals surface area contributed by atoms with E-state index in [1.807, 2.05) is 18.2 Å². The lowest BCUT2D eigenvalue weighted by Crippen LogP contribution is -2.37. The van der Waals surface area contributed by atoms with Crippen molar-refractivity contribution in [1.82, 2.24) is 14.9 Å². The maximum absolute atomic E-state index is 4.68. The Morgan fingerprint density at radius 1 is 1.13 bits per heavy atom. The van der Waals surface area contributed by atoms with E-state index in [9.17, 15) is 0 Å². The molecule has 1 heterocycles. The number of nitrogens with one attached hydrogen (secondary N) is 2. The van der Waals surface area contributed by atoms with Crippen LogP contribution in [0.5, 0.6) is 0 Å². The van der Waals surface area contributed by atoms with Gasteiger partial charge in [0.1, 0.15) is 0 Å². The molecular weight excluding hydrogens is 286 g/mol. The summed E-state index contributed by atoms with van der Waals surface area (Å²) >= 11 is 0. The Kier molecular flexibility index (Phi) is 7.17. The van der Waals surface area contributed by atoms with Gasteiger partial charge in [-0.05, 0) is 25.0 Å². The second kappa shape index (κ2) is 9.66. The summed E-state index contributed by atoms with van der Waals surface area (Å²) in [6.45, 7) is 6.42. The van der Waals surface area contributed by atoms with Gasteiger partial charge >= 0.3 is 0 Å². The summed E-state index contributed by atoms with van der Waals surface area (Å²) in [5.41, 5.74) is 1.04. The van der Waals surface area contributed by atoms with Crippen LogP contribution in [0.4, 0.5) is 11.6 Å². The molecule has 0 amide bonds. The number of hydrogen-bond acceptors (Lipinski definition) is 2. The molecule has 0 fully saturated rings. The van der Waals surface area contributed by atoms with Crippen LogP contribution in [0, 0.1) is 0 Å². The molecule has 0 unspecified atom stereocenters. The minimum absolute atomic E-state index is 0.626. The van der Waals surface area contributed by atoms with E-state index < -0.39 is 0 Å². The smallest absolute Gasteiger partial charge is 0.230 e. The number of aliphatic imine (C=N–C) groups is 1. The summed E-state index contributed by atoms with van der Waals surface area (Å²) in [7, 11) is 0. The van der Waals surface area contributed by atoms with Crippen LogP contribution in [0.3, 0.4) is 0 Å². The second-order valence-corrected chi connectivity index (χ2v) is 5.53. The number of hydrogen-bond donors (Lipinski definition) is 2. The van der Waals surface area contributed by atoms with Gasteiger partial charge in [-0.1, -0.05) is 44.9 Å². The first kappa shape index (κ1) is 17.1. The van der Waals surface area contributed by atoms with Crippen LogP contribution in [-0.4, -0.2) is 33.9 Å². The van der Waals surface area contributed by atoms with Crippen molar-refractivity contribution in [3.63, 3.8) is 0 Å². The van der Waals surface area contributed by atoms with E-state index in [1.54, 1.807) is 12.4 Å². The molecule has 2 aromatic rings. The number of aromatic nitrogens is 2. The zero-order valence-electron chi connectivity index (χ0n) is 14.1. The topological polar surface area (TPSA) is 56.3 Å². The van der Waals surface area contributed by atoms with E-state index in [2.05, 4.69) is 51.2 Å². The summed E-state index contributed by atoms with van der Waals surface area (Å²) in [4.78, 5) is 14.3. The lowest BCUT2D eigenvalue weighted by molar-refractivity contribution is 0.397. The third-order valence-electron chi connectivity index (χ3n) is 3.59. The van der Waals surface area contributed by atoms with Gasteiger partial charge in [0, 0.05) is 31.2 Å². The van der Waals surface area contributed by atoms with Gasteiger partial charge in [0.25, 0.3) is 0 Å². The normalized spacial score (nSPS) is 11.5. The maximum atomic E-state index is 4.68. The van der Waals surface area contributed by atoms with Crippen LogP contribution in [-0.2, 0) is 0 Å². The van der Waals surface area contributed by atoms with E-state index in [4.69, 9.17) is 0 Å². The van der Waals surface area contributed by atoms with Crippen molar-refractivity contribution in [1.29, 1.82) is 0 Å². The molecule has 1 aromatic carbocycles. The molecule has 0 aliphatic rings. The molecule has 0 saturated heterocycles. The Bertz CT molecular complexity index is 554. The van der Waals surface area contributed by atoms with Crippen LogP contribution in [0.25, 0.3) is 0 Å². The Balaban J connectivity index is 2.21. The zero-order chi connectivity index (χ0) is 16.3. The van der Waals surface area contributed by atoms with Gasteiger partial charge < -0.3 is 15.2 Å². The zero-order valence-corrected chi connectivity index (χ0v) is 14.1. The molecule has 2 N–H and O–H groups in total. The quantitative estimate of drug-likeness (QED) is 0.560. The number of benzene rings is 1. The molecule has 0 saturated carbocycles. The SMILES string of the molecule is CCCCN(CCCC)C(=Nc1ncc[nH]1)Nc1ccccc1. The molecule has 0 bridgehead atoms. The van der Waals surface area contributed by atoms with Gasteiger partial charge in [-0.25, -0.2) is 4.98 Å². The van der Waals surface area contributed by atoms with Crippen molar-refractivity contribution in [3.8, 4) is 0 Å². The number of H-pyrrole nitrogens is 1. The Morgan fingerprint density at radius 2 is 1.83 bits per heavy atom. The fourth-order valence-corrected chi connectivity index (χ4v) is 2.27. The summed E-state index contributed by atoms with van der Waals surface area (Å²) in [6, 6.07) is 10.2. The van der Waals surface area contributed by atoms with E-state index in [0.717, 1.165) is 37.6 Å². The van der Waals surface area contributed by atoms with E-state index in [-0.39, 0.29) is 0 Å². The molecule has 0 aliphatic heterocycles. The van der Waals surface area contributed by atoms with Gasteiger partial charge in [-0.15, -0.1) is 0 Å². The molecule has 5 nitrogen and oxygen atoms in total. The molecule has 1 aromatic heterocycles. The maximum Gasteiger partial charge on any atom is 0.230 e. The molecule has 2 rings (SSSR count). The summed E-state index contributed by atoms with van der Waals surface area (Å²) < 4.78 is 0. The van der Waals surface area contributed by atoms with Crippen molar-refractivity contribution in [3.05, 3.63) is 42.7 Å². The van der Waals surface area contributed by atoms with Crippen LogP contribution < -0.4 is 5.32 Å². The number of unbranched alkanes of at least 4 members (excludes halogenated alkanes) is 2. The number of guanidine groups is 1. The van der Waals surface area contributed by atoms with E-state index in [0.29, 0.717) is 5.95 Å². The highest BCUT2D eigenvalue weighted by Crippen LogP contribution is 2.12. The van der Waals surface area contributed by atoms with Crippen molar-refractivity contribution in [2.75, 3.05) is 18.4 Å². The first-order valence-corrected chi connectivity index (χ1v) is 8.48. The minimum atomic E-state index is 0.626. The van der Waals surface area contributed by atoms with Gasteiger partial charge in [0.15, 0.2) is 0 Å². The molecule has 5 heteroatoms. The van der Waals surface area contributed by atoms with Crippen molar-refractivity contribution in [2.24, 2.45) is 4.99 Å². The van der Waals surface area contributed by atoms with Crippen molar-refractivity contribution >= 4 is 17.6 Å². The minimum Gasteiger partial charge on any atom is -0.342 e. The van der Waals surface area contributed by atoms with Crippen molar-refractivity contribution in [2.45, 2.75) is 39.5 Å². The fraction of sp³-hybridized carbons (Fsp3) is 0.444. The molecule has 0 spiro atoms. The molecule has 124 valence electrons. The highest BCUT2D eigenvalue weighted by molar-refractivity contribution is 5.94. The summed E-state index contributed by atoms with van der Waals surface area (Å²) in [5, 5.41) is 3.45. The van der Waals surface area contributed by atoms with Crippen LogP contribution in [0.1, 0.15) is 39.5 Å². The predicted molar refractivity (Wildman–Crippen MR) is 97.1 cm³/mol. The lowest BCUT2D eigenvalue weighted by atomic mass is 10.2. The van der Waals surface area contributed by atoms with E-state index >= 15 is 0 Å². The predicted octanol–water partition coefficient (Wildman–Crippen LogP) is 4.41. The number of rotatable bonds is 8. The Labute approximate surface area is 138 Å². The van der Waals surface area contributed by atoms with Gasteiger partial charge in [0.2, 0.25) is 11.9 Å². The Morgan fingerprint density at radius 3 is 2.39 bits per heavy atom. The van der Waals surface area contributed by atoms with Gasteiger partial charge in [-0.3, -0.25) is 0 Å². The van der Waals surface area contributed by atoms with Crippen LogP contribution >= 0.6 is 0 Å².